The van der Waals surface area contributed by atoms with Gasteiger partial charge in [0.05, 0.1) is 17.3 Å². The third-order valence-electron chi connectivity index (χ3n) is 7.14. The number of nitrogens with two attached hydrogens (primary N) is 1. The predicted molar refractivity (Wildman–Crippen MR) is 140 cm³/mol. The second kappa shape index (κ2) is 10.5. The summed E-state index contributed by atoms with van der Waals surface area (Å²) in [4.78, 5) is 27.9. The Morgan fingerprint density at radius 1 is 1.17 bits per heavy atom. The van der Waals surface area contributed by atoms with Crippen molar-refractivity contribution in [1.29, 1.82) is 0 Å². The minimum absolute atomic E-state index is 0.114. The van der Waals surface area contributed by atoms with E-state index in [1.54, 1.807) is 49.1 Å². The summed E-state index contributed by atoms with van der Waals surface area (Å²) in [6, 6.07) is 12.9. The number of aliphatic hydroxyl groups is 1. The molecule has 1 aliphatic rings. The molecule has 10 heteroatoms. The van der Waals surface area contributed by atoms with Crippen LogP contribution in [-0.4, -0.2) is 49.4 Å². The maximum Gasteiger partial charge on any atom is 0.251 e. The Kier molecular flexibility index (Phi) is 8.20. The van der Waals surface area contributed by atoms with Crippen LogP contribution in [0.2, 0.25) is 5.02 Å². The maximum absolute atomic E-state index is 13.3. The van der Waals surface area contributed by atoms with Crippen LogP contribution in [0, 0.1) is 11.3 Å². The number of likely N-dealkylation sites (tertiary alicyclic amines) is 1. The first kappa shape index (κ1) is 28.1. The molecule has 0 radical (unpaired) electrons. The first-order chi connectivity index (χ1) is 16.6. The summed E-state index contributed by atoms with van der Waals surface area (Å²) >= 11 is 6.01. The van der Waals surface area contributed by atoms with E-state index in [1.165, 1.54) is 6.07 Å². The first-order valence-corrected chi connectivity index (χ1v) is 13.9. The number of piperidine rings is 1. The number of carbonyl (C=O) groups is 2. The number of hydrogen-bond acceptors (Lipinski definition) is 5. The zero-order valence-corrected chi connectivity index (χ0v) is 22.6. The number of amides is 2. The van der Waals surface area contributed by atoms with Gasteiger partial charge in [0.2, 0.25) is 15.9 Å². The van der Waals surface area contributed by atoms with E-state index >= 15 is 0 Å². The van der Waals surface area contributed by atoms with Gasteiger partial charge in [-0.05, 0) is 48.7 Å². The Morgan fingerprint density at radius 2 is 1.81 bits per heavy atom. The topological polar surface area (TPSA) is 130 Å². The van der Waals surface area contributed by atoms with Crippen LogP contribution in [0.3, 0.4) is 0 Å². The highest BCUT2D eigenvalue weighted by Gasteiger charge is 2.50. The normalized spacial score (nSPS) is 21.5. The zero-order chi connectivity index (χ0) is 26.9. The molecule has 1 aliphatic heterocycles. The number of benzene rings is 2. The van der Waals surface area contributed by atoms with Gasteiger partial charge in [0.15, 0.2) is 0 Å². The Bertz CT molecular complexity index is 1230. The Hall–Kier alpha value is -2.46. The fourth-order valence-corrected chi connectivity index (χ4v) is 5.49. The van der Waals surface area contributed by atoms with Crippen molar-refractivity contribution < 1.29 is 23.1 Å². The van der Waals surface area contributed by atoms with Gasteiger partial charge in [0, 0.05) is 35.1 Å². The van der Waals surface area contributed by atoms with Gasteiger partial charge in [-0.1, -0.05) is 56.6 Å². The van der Waals surface area contributed by atoms with Gasteiger partial charge < -0.3 is 15.3 Å². The van der Waals surface area contributed by atoms with Crippen LogP contribution in [-0.2, 0) is 26.2 Å². The number of rotatable bonds is 7. The van der Waals surface area contributed by atoms with E-state index in [2.05, 4.69) is 5.32 Å². The molecule has 0 aliphatic carbocycles. The lowest BCUT2D eigenvalue weighted by Gasteiger charge is -2.51. The highest BCUT2D eigenvalue weighted by molar-refractivity contribution is 7.88. The molecule has 1 fully saturated rings. The van der Waals surface area contributed by atoms with Crippen molar-refractivity contribution in [1.82, 2.24) is 10.2 Å². The molecule has 2 aromatic rings. The average Bonchev–Trinajstić information content (AvgIpc) is 2.79. The van der Waals surface area contributed by atoms with Crippen LogP contribution < -0.4 is 10.5 Å². The Balaban J connectivity index is 1.66. The van der Waals surface area contributed by atoms with Crippen molar-refractivity contribution >= 4 is 33.4 Å². The van der Waals surface area contributed by atoms with Crippen LogP contribution >= 0.6 is 11.6 Å². The number of nitrogens with one attached hydrogen (secondary N) is 1. The summed E-state index contributed by atoms with van der Waals surface area (Å²) in [7, 11) is -3.72. The number of sulfonamides is 1. The maximum atomic E-state index is 13.3. The minimum atomic E-state index is -3.72. The molecule has 0 bridgehead atoms. The quantitative estimate of drug-likeness (QED) is 0.501. The fourth-order valence-electron chi connectivity index (χ4n) is 4.72. The SMILES string of the molecule is CC(NC(=O)c1cccc(CS(N)(=O)=O)c1)[C@@H](C)C(=O)N1CC[C@](O)(c2ccc(Cl)cc2)C(C)(C)C1. The molecule has 196 valence electrons. The molecular formula is C26H34ClN3O5S. The fraction of sp³-hybridized carbons (Fsp3) is 0.462. The lowest BCUT2D eigenvalue weighted by Crippen LogP contribution is -2.58. The average molecular weight is 536 g/mol. The number of carbonyl (C=O) groups excluding carboxylic acids is 2. The minimum Gasteiger partial charge on any atom is -0.384 e. The van der Waals surface area contributed by atoms with Crippen molar-refractivity contribution in [3.05, 3.63) is 70.2 Å². The summed E-state index contributed by atoms with van der Waals surface area (Å²) < 4.78 is 22.7. The van der Waals surface area contributed by atoms with E-state index in [-0.39, 0.29) is 17.2 Å². The molecule has 3 atom stereocenters. The van der Waals surface area contributed by atoms with E-state index < -0.39 is 38.9 Å². The molecule has 2 aromatic carbocycles. The summed E-state index contributed by atoms with van der Waals surface area (Å²) in [6.07, 6.45) is 0.373. The number of primary sulfonamides is 1. The summed E-state index contributed by atoms with van der Waals surface area (Å²) in [5, 5.41) is 20.1. The van der Waals surface area contributed by atoms with Crippen molar-refractivity contribution in [3.63, 3.8) is 0 Å². The zero-order valence-electron chi connectivity index (χ0n) is 21.0. The number of nitrogens with zero attached hydrogens (tertiary/aromatic N) is 1. The van der Waals surface area contributed by atoms with Crippen molar-refractivity contribution in [2.45, 2.75) is 51.5 Å². The molecule has 1 saturated heterocycles. The predicted octanol–water partition coefficient (Wildman–Crippen LogP) is 3.03. The van der Waals surface area contributed by atoms with Gasteiger partial charge >= 0.3 is 0 Å². The second-order valence-corrected chi connectivity index (χ2v) is 12.4. The van der Waals surface area contributed by atoms with Crippen LogP contribution in [0.25, 0.3) is 0 Å². The molecular weight excluding hydrogens is 502 g/mol. The highest BCUT2D eigenvalue weighted by atomic mass is 35.5. The third kappa shape index (κ3) is 6.26. The molecule has 2 amide bonds. The van der Waals surface area contributed by atoms with Crippen LogP contribution in [0.4, 0.5) is 0 Å². The van der Waals surface area contributed by atoms with Crippen LogP contribution in [0.1, 0.15) is 55.6 Å². The highest BCUT2D eigenvalue weighted by Crippen LogP contribution is 2.46. The van der Waals surface area contributed by atoms with Crippen molar-refractivity contribution in [2.75, 3.05) is 13.1 Å². The van der Waals surface area contributed by atoms with Crippen molar-refractivity contribution in [2.24, 2.45) is 16.5 Å². The number of hydrogen-bond donors (Lipinski definition) is 3. The lowest BCUT2D eigenvalue weighted by molar-refractivity contribution is -0.156. The Morgan fingerprint density at radius 3 is 2.39 bits per heavy atom. The van der Waals surface area contributed by atoms with Crippen LogP contribution in [0.15, 0.2) is 48.5 Å². The van der Waals surface area contributed by atoms with Crippen LogP contribution in [0.5, 0.6) is 0 Å². The molecule has 36 heavy (non-hydrogen) atoms. The molecule has 1 unspecified atom stereocenters. The first-order valence-electron chi connectivity index (χ1n) is 11.8. The van der Waals surface area contributed by atoms with Gasteiger partial charge in [-0.15, -0.1) is 0 Å². The van der Waals surface area contributed by atoms with E-state index in [0.29, 0.717) is 30.1 Å². The standard InChI is InChI=1S/C26H34ClN3O5S/c1-17(18(2)29-23(31)20-7-5-6-19(14-20)15-36(28,34)35)24(32)30-13-12-26(33,25(3,4)16-30)21-8-10-22(27)11-9-21/h5-11,14,17-18,33H,12-13,15-16H2,1-4H3,(H,29,31)(H2,28,34,35)/t17-,18?,26+/m1/s1. The molecule has 8 nitrogen and oxygen atoms in total. The molecule has 0 saturated carbocycles. The van der Waals surface area contributed by atoms with Gasteiger partial charge in [-0.25, -0.2) is 13.6 Å². The summed E-state index contributed by atoms with van der Waals surface area (Å²) in [5.41, 5.74) is -0.271. The largest absolute Gasteiger partial charge is 0.384 e. The van der Waals surface area contributed by atoms with Gasteiger partial charge in [-0.2, -0.15) is 0 Å². The number of halogens is 1. The van der Waals surface area contributed by atoms with Crippen molar-refractivity contribution in [3.8, 4) is 0 Å². The van der Waals surface area contributed by atoms with E-state index in [0.717, 1.165) is 5.56 Å². The van der Waals surface area contributed by atoms with E-state index in [1.807, 2.05) is 26.0 Å². The summed E-state index contributed by atoms with van der Waals surface area (Å²) in [6.45, 7) is 8.12. The third-order valence-corrected chi connectivity index (χ3v) is 8.13. The molecule has 3 rings (SSSR count). The Labute approximate surface area is 217 Å². The molecule has 0 aromatic heterocycles. The summed E-state index contributed by atoms with van der Waals surface area (Å²) in [5.74, 6) is -1.41. The van der Waals surface area contributed by atoms with E-state index in [9.17, 15) is 23.1 Å². The monoisotopic (exact) mass is 535 g/mol. The molecule has 0 spiro atoms. The molecule has 4 N–H and O–H groups in total. The smallest absolute Gasteiger partial charge is 0.251 e. The van der Waals surface area contributed by atoms with Gasteiger partial charge in [0.1, 0.15) is 0 Å². The lowest BCUT2D eigenvalue weighted by atomic mass is 9.66. The van der Waals surface area contributed by atoms with Gasteiger partial charge in [0.25, 0.3) is 5.91 Å². The van der Waals surface area contributed by atoms with E-state index in [4.69, 9.17) is 16.7 Å². The van der Waals surface area contributed by atoms with Gasteiger partial charge in [-0.3, -0.25) is 9.59 Å². The second-order valence-electron chi connectivity index (χ2n) is 10.3. The molecule has 1 heterocycles.